The summed E-state index contributed by atoms with van der Waals surface area (Å²) in [5.41, 5.74) is 8.44. The van der Waals surface area contributed by atoms with Crippen molar-refractivity contribution in [2.45, 2.75) is 20.3 Å². The van der Waals surface area contributed by atoms with Gasteiger partial charge in [-0.15, -0.1) is 0 Å². The van der Waals surface area contributed by atoms with Crippen molar-refractivity contribution in [3.8, 4) is 6.07 Å². The van der Waals surface area contributed by atoms with Crippen LogP contribution in [0.1, 0.15) is 25.8 Å². The summed E-state index contributed by atoms with van der Waals surface area (Å²) in [6.45, 7) is 6.67. The number of nitrogens with two attached hydrogens (primary N) is 1. The zero-order valence-electron chi connectivity index (χ0n) is 10.5. The molecule has 1 aliphatic rings. The van der Waals surface area contributed by atoms with Gasteiger partial charge >= 0.3 is 0 Å². The average Bonchev–Trinajstić information content (AvgIpc) is 2.27. The van der Waals surface area contributed by atoms with Crippen LogP contribution < -0.4 is 10.6 Å². The topological polar surface area (TPSA) is 53.0 Å². The van der Waals surface area contributed by atoms with Gasteiger partial charge in [0.05, 0.1) is 23.0 Å². The van der Waals surface area contributed by atoms with Crippen molar-refractivity contribution in [1.82, 2.24) is 0 Å². The van der Waals surface area contributed by atoms with Gasteiger partial charge in [-0.25, -0.2) is 0 Å². The van der Waals surface area contributed by atoms with Crippen LogP contribution in [-0.4, -0.2) is 13.1 Å². The van der Waals surface area contributed by atoms with E-state index in [0.717, 1.165) is 18.8 Å². The molecule has 0 spiro atoms. The van der Waals surface area contributed by atoms with Gasteiger partial charge in [-0.05, 0) is 36.5 Å². The van der Waals surface area contributed by atoms with Gasteiger partial charge in [-0.1, -0.05) is 13.8 Å². The maximum atomic E-state index is 8.83. The summed E-state index contributed by atoms with van der Waals surface area (Å²) in [7, 11) is 0. The Hall–Kier alpha value is -1.69. The molecule has 90 valence electrons. The Morgan fingerprint density at radius 3 is 2.47 bits per heavy atom. The van der Waals surface area contributed by atoms with Gasteiger partial charge in [0.1, 0.15) is 0 Å². The van der Waals surface area contributed by atoms with Crippen molar-refractivity contribution >= 4 is 11.4 Å². The van der Waals surface area contributed by atoms with Crippen LogP contribution in [0.4, 0.5) is 11.4 Å². The largest absolute Gasteiger partial charge is 0.397 e. The van der Waals surface area contributed by atoms with E-state index in [4.69, 9.17) is 11.0 Å². The number of hydrogen-bond acceptors (Lipinski definition) is 3. The number of nitrogen functional groups attached to an aromatic ring is 1. The fourth-order valence-corrected chi connectivity index (χ4v) is 2.77. The van der Waals surface area contributed by atoms with E-state index in [0.29, 0.717) is 23.1 Å². The minimum Gasteiger partial charge on any atom is -0.397 e. The third kappa shape index (κ3) is 2.52. The summed E-state index contributed by atoms with van der Waals surface area (Å²) in [6, 6.07) is 7.69. The summed E-state index contributed by atoms with van der Waals surface area (Å²) >= 11 is 0. The van der Waals surface area contributed by atoms with E-state index in [1.54, 1.807) is 6.07 Å². The molecule has 2 rings (SSSR count). The molecule has 3 heteroatoms. The number of anilines is 2. The predicted octanol–water partition coefficient (Wildman–Crippen LogP) is 2.62. The van der Waals surface area contributed by atoms with Gasteiger partial charge in [0.2, 0.25) is 0 Å². The van der Waals surface area contributed by atoms with Gasteiger partial charge < -0.3 is 10.6 Å². The van der Waals surface area contributed by atoms with E-state index >= 15 is 0 Å². The molecule has 0 saturated carbocycles. The number of piperidine rings is 1. The third-order valence-corrected chi connectivity index (χ3v) is 3.37. The van der Waals surface area contributed by atoms with Crippen LogP contribution in [0, 0.1) is 23.2 Å². The molecule has 1 fully saturated rings. The molecular weight excluding hydrogens is 210 g/mol. The average molecular weight is 229 g/mol. The second kappa shape index (κ2) is 4.67. The van der Waals surface area contributed by atoms with Crippen LogP contribution in [0.3, 0.4) is 0 Å². The van der Waals surface area contributed by atoms with E-state index in [9.17, 15) is 0 Å². The maximum absolute atomic E-state index is 8.83. The van der Waals surface area contributed by atoms with Crippen LogP contribution in [-0.2, 0) is 0 Å². The Balaban J connectivity index is 2.25. The second-order valence-electron chi connectivity index (χ2n) is 5.24. The molecule has 3 nitrogen and oxygen atoms in total. The molecule has 0 radical (unpaired) electrons. The van der Waals surface area contributed by atoms with Gasteiger partial charge in [-0.2, -0.15) is 5.26 Å². The first-order chi connectivity index (χ1) is 8.10. The molecule has 1 aromatic carbocycles. The lowest BCUT2D eigenvalue weighted by Gasteiger charge is -2.37. The molecule has 1 aromatic rings. The first-order valence-electron chi connectivity index (χ1n) is 6.14. The van der Waals surface area contributed by atoms with Crippen LogP contribution >= 0.6 is 0 Å². The lowest BCUT2D eigenvalue weighted by atomic mass is 9.91. The number of benzene rings is 1. The minimum absolute atomic E-state index is 0.629. The molecule has 0 aromatic heterocycles. The highest BCUT2D eigenvalue weighted by atomic mass is 15.1. The van der Waals surface area contributed by atoms with E-state index in [1.165, 1.54) is 6.42 Å². The molecule has 2 atom stereocenters. The van der Waals surface area contributed by atoms with Gasteiger partial charge in [0.25, 0.3) is 0 Å². The van der Waals surface area contributed by atoms with Gasteiger partial charge in [0.15, 0.2) is 0 Å². The van der Waals surface area contributed by atoms with Crippen LogP contribution in [0.5, 0.6) is 0 Å². The lowest BCUT2D eigenvalue weighted by molar-refractivity contribution is 0.357. The van der Waals surface area contributed by atoms with Crippen molar-refractivity contribution in [2.24, 2.45) is 11.8 Å². The van der Waals surface area contributed by atoms with Crippen LogP contribution in [0.15, 0.2) is 18.2 Å². The predicted molar refractivity (Wildman–Crippen MR) is 70.7 cm³/mol. The Bertz CT molecular complexity index is 437. The molecular formula is C14H19N3. The van der Waals surface area contributed by atoms with Crippen molar-refractivity contribution < 1.29 is 0 Å². The highest BCUT2D eigenvalue weighted by Gasteiger charge is 2.23. The highest BCUT2D eigenvalue weighted by molar-refractivity contribution is 5.69. The standard InChI is InChI=1S/C14H19N3/c1-10-5-11(2)9-17(8-10)14-4-3-12(7-15)6-13(14)16/h3-4,6,10-11H,5,8-9,16H2,1-2H3. The van der Waals surface area contributed by atoms with Gasteiger partial charge in [0, 0.05) is 13.1 Å². The van der Waals surface area contributed by atoms with Gasteiger partial charge in [-0.3, -0.25) is 0 Å². The number of nitrogens with zero attached hydrogens (tertiary/aromatic N) is 2. The molecule has 1 aliphatic heterocycles. The maximum Gasteiger partial charge on any atom is 0.0992 e. The Morgan fingerprint density at radius 1 is 1.29 bits per heavy atom. The molecule has 1 saturated heterocycles. The number of hydrogen-bond donors (Lipinski definition) is 1. The molecule has 17 heavy (non-hydrogen) atoms. The fraction of sp³-hybridized carbons (Fsp3) is 0.500. The summed E-state index contributed by atoms with van der Waals surface area (Å²) in [5.74, 6) is 1.41. The van der Waals surface area contributed by atoms with Crippen LogP contribution in [0.25, 0.3) is 0 Å². The summed E-state index contributed by atoms with van der Waals surface area (Å²) in [4.78, 5) is 2.34. The van der Waals surface area contributed by atoms with E-state index < -0.39 is 0 Å². The Morgan fingerprint density at radius 2 is 1.94 bits per heavy atom. The zero-order valence-corrected chi connectivity index (χ0v) is 10.5. The summed E-state index contributed by atoms with van der Waals surface area (Å²) < 4.78 is 0. The summed E-state index contributed by atoms with van der Waals surface area (Å²) in [6.07, 6.45) is 1.28. The second-order valence-corrected chi connectivity index (χ2v) is 5.24. The third-order valence-electron chi connectivity index (χ3n) is 3.37. The Kier molecular flexibility index (Phi) is 3.23. The highest BCUT2D eigenvalue weighted by Crippen LogP contribution is 2.30. The smallest absolute Gasteiger partial charge is 0.0992 e. The summed E-state index contributed by atoms with van der Waals surface area (Å²) in [5, 5.41) is 8.83. The SMILES string of the molecule is CC1CC(C)CN(c2ccc(C#N)cc2N)C1. The van der Waals surface area contributed by atoms with Crippen molar-refractivity contribution in [1.29, 1.82) is 5.26 Å². The molecule has 2 N–H and O–H groups in total. The number of nitriles is 1. The van der Waals surface area contributed by atoms with E-state index in [1.807, 2.05) is 12.1 Å². The van der Waals surface area contributed by atoms with E-state index in [2.05, 4.69) is 24.8 Å². The first kappa shape index (κ1) is 11.8. The molecule has 0 bridgehead atoms. The normalized spacial score (nSPS) is 24.4. The minimum atomic E-state index is 0.629. The molecule has 0 aliphatic carbocycles. The van der Waals surface area contributed by atoms with Crippen molar-refractivity contribution in [3.63, 3.8) is 0 Å². The van der Waals surface area contributed by atoms with Crippen LogP contribution in [0.2, 0.25) is 0 Å². The fourth-order valence-electron chi connectivity index (χ4n) is 2.77. The zero-order chi connectivity index (χ0) is 12.4. The first-order valence-corrected chi connectivity index (χ1v) is 6.14. The molecule has 2 unspecified atom stereocenters. The lowest BCUT2D eigenvalue weighted by Crippen LogP contribution is -2.39. The number of rotatable bonds is 1. The molecule has 0 amide bonds. The Labute approximate surface area is 103 Å². The van der Waals surface area contributed by atoms with Crippen molar-refractivity contribution in [3.05, 3.63) is 23.8 Å². The molecule has 1 heterocycles. The quantitative estimate of drug-likeness (QED) is 0.753. The van der Waals surface area contributed by atoms with Crippen molar-refractivity contribution in [2.75, 3.05) is 23.7 Å². The van der Waals surface area contributed by atoms with E-state index in [-0.39, 0.29) is 0 Å². The monoisotopic (exact) mass is 229 g/mol.